The summed E-state index contributed by atoms with van der Waals surface area (Å²) in [5.74, 6) is 0.798. The zero-order valence-electron chi connectivity index (χ0n) is 11.9. The SMILES string of the molecule is CCS(=O)(=O)CCn1nc(CC(C)(C)C)c(I)c1N. The molecule has 0 aliphatic heterocycles. The smallest absolute Gasteiger partial charge is 0.151 e. The molecule has 0 aromatic carbocycles. The number of halogens is 1. The van der Waals surface area contributed by atoms with Gasteiger partial charge in [-0.25, -0.2) is 13.1 Å². The van der Waals surface area contributed by atoms with Crippen LogP contribution in [0.15, 0.2) is 0 Å². The van der Waals surface area contributed by atoms with Gasteiger partial charge in [0.1, 0.15) is 5.82 Å². The lowest BCUT2D eigenvalue weighted by atomic mass is 9.91. The van der Waals surface area contributed by atoms with Crippen LogP contribution in [-0.2, 0) is 22.8 Å². The highest BCUT2D eigenvalue weighted by atomic mass is 127. The predicted octanol–water partition coefficient (Wildman–Crippen LogP) is 2.09. The molecule has 0 fully saturated rings. The first kappa shape index (κ1) is 16.7. The number of aryl methyl sites for hydroxylation is 1. The highest BCUT2D eigenvalue weighted by molar-refractivity contribution is 14.1. The number of nitrogen functional groups attached to an aromatic ring is 1. The van der Waals surface area contributed by atoms with E-state index < -0.39 is 9.84 Å². The lowest BCUT2D eigenvalue weighted by Crippen LogP contribution is -2.17. The molecule has 0 aliphatic rings. The molecule has 0 saturated heterocycles. The van der Waals surface area contributed by atoms with E-state index in [0.29, 0.717) is 12.4 Å². The summed E-state index contributed by atoms with van der Waals surface area (Å²) in [6.07, 6.45) is 0.822. The van der Waals surface area contributed by atoms with Crippen LogP contribution in [0.2, 0.25) is 0 Å². The summed E-state index contributed by atoms with van der Waals surface area (Å²) < 4.78 is 25.6. The van der Waals surface area contributed by atoms with Crippen molar-refractivity contribution in [2.24, 2.45) is 5.41 Å². The third-order valence-corrected chi connectivity index (χ3v) is 5.61. The molecule has 1 rings (SSSR count). The maximum absolute atomic E-state index is 11.5. The summed E-state index contributed by atoms with van der Waals surface area (Å²) >= 11 is 2.18. The number of nitrogens with zero attached hydrogens (tertiary/aromatic N) is 2. The highest BCUT2D eigenvalue weighted by Gasteiger charge is 2.20. The van der Waals surface area contributed by atoms with Gasteiger partial charge in [0, 0.05) is 5.75 Å². The summed E-state index contributed by atoms with van der Waals surface area (Å²) in [5.41, 5.74) is 7.06. The van der Waals surface area contributed by atoms with Gasteiger partial charge in [0.25, 0.3) is 0 Å². The summed E-state index contributed by atoms with van der Waals surface area (Å²) in [6, 6.07) is 0. The van der Waals surface area contributed by atoms with Crippen LogP contribution in [0.25, 0.3) is 0 Å². The number of sulfone groups is 1. The van der Waals surface area contributed by atoms with Gasteiger partial charge in [0.15, 0.2) is 9.84 Å². The molecule has 0 atom stereocenters. The molecule has 110 valence electrons. The van der Waals surface area contributed by atoms with Crippen LogP contribution in [0.1, 0.15) is 33.4 Å². The fraction of sp³-hybridized carbons (Fsp3) is 0.750. The van der Waals surface area contributed by atoms with Crippen molar-refractivity contribution in [2.75, 3.05) is 17.2 Å². The predicted molar refractivity (Wildman–Crippen MR) is 86.8 cm³/mol. The van der Waals surface area contributed by atoms with E-state index >= 15 is 0 Å². The Morgan fingerprint density at radius 1 is 1.37 bits per heavy atom. The van der Waals surface area contributed by atoms with E-state index in [2.05, 4.69) is 48.5 Å². The zero-order valence-corrected chi connectivity index (χ0v) is 14.9. The largest absolute Gasteiger partial charge is 0.383 e. The Morgan fingerprint density at radius 2 is 1.95 bits per heavy atom. The first-order valence-electron chi connectivity index (χ1n) is 6.27. The molecular weight excluding hydrogens is 377 g/mol. The number of aromatic nitrogens is 2. The fourth-order valence-electron chi connectivity index (χ4n) is 1.66. The highest BCUT2D eigenvalue weighted by Crippen LogP contribution is 2.26. The Labute approximate surface area is 129 Å². The topological polar surface area (TPSA) is 78.0 Å². The second-order valence-electron chi connectivity index (χ2n) is 5.84. The Hall–Kier alpha value is -0.310. The maximum atomic E-state index is 11.5. The van der Waals surface area contributed by atoms with Gasteiger partial charge in [0.05, 0.1) is 21.6 Å². The summed E-state index contributed by atoms with van der Waals surface area (Å²) in [5, 5.41) is 4.45. The molecule has 5 nitrogen and oxygen atoms in total. The van der Waals surface area contributed by atoms with E-state index in [1.165, 1.54) is 0 Å². The maximum Gasteiger partial charge on any atom is 0.151 e. The van der Waals surface area contributed by atoms with Crippen LogP contribution in [0.3, 0.4) is 0 Å². The molecule has 0 aliphatic carbocycles. The summed E-state index contributed by atoms with van der Waals surface area (Å²) in [7, 11) is -2.99. The fourth-order valence-corrected chi connectivity index (χ4v) is 2.98. The molecule has 1 heterocycles. The van der Waals surface area contributed by atoms with E-state index in [0.717, 1.165) is 15.7 Å². The minimum atomic E-state index is -2.99. The minimum absolute atomic E-state index is 0.0837. The van der Waals surface area contributed by atoms with Crippen molar-refractivity contribution < 1.29 is 8.42 Å². The first-order valence-corrected chi connectivity index (χ1v) is 9.17. The molecule has 0 saturated carbocycles. The van der Waals surface area contributed by atoms with Gasteiger partial charge >= 0.3 is 0 Å². The second kappa shape index (κ2) is 5.99. The van der Waals surface area contributed by atoms with Crippen LogP contribution in [0.4, 0.5) is 5.82 Å². The van der Waals surface area contributed by atoms with Gasteiger partial charge in [-0.1, -0.05) is 27.7 Å². The molecule has 0 amide bonds. The first-order chi connectivity index (χ1) is 8.56. The van der Waals surface area contributed by atoms with Crippen LogP contribution < -0.4 is 5.73 Å². The zero-order chi connectivity index (χ0) is 14.8. The molecule has 2 N–H and O–H groups in total. The molecule has 19 heavy (non-hydrogen) atoms. The normalized spacial score (nSPS) is 12.9. The van der Waals surface area contributed by atoms with Crippen LogP contribution in [0, 0.1) is 8.99 Å². The lowest BCUT2D eigenvalue weighted by molar-refractivity contribution is 0.403. The number of hydrogen-bond donors (Lipinski definition) is 1. The third-order valence-electron chi connectivity index (χ3n) is 2.75. The standard InChI is InChI=1S/C12H22IN3O2S/c1-5-19(17,18)7-6-16-11(14)10(13)9(15-16)8-12(2,3)4/h5-8,14H2,1-4H3. The van der Waals surface area contributed by atoms with E-state index in [1.54, 1.807) is 11.6 Å². The Kier molecular flexibility index (Phi) is 5.28. The Balaban J connectivity index is 2.90. The van der Waals surface area contributed by atoms with Gasteiger partial charge in [-0.15, -0.1) is 0 Å². The van der Waals surface area contributed by atoms with E-state index in [1.807, 2.05) is 0 Å². The number of anilines is 1. The molecule has 1 aromatic heterocycles. The monoisotopic (exact) mass is 399 g/mol. The molecule has 0 unspecified atom stereocenters. The molecule has 1 aromatic rings. The van der Waals surface area contributed by atoms with Gasteiger partial charge in [-0.2, -0.15) is 5.10 Å². The van der Waals surface area contributed by atoms with Crippen molar-refractivity contribution in [1.82, 2.24) is 9.78 Å². The van der Waals surface area contributed by atoms with E-state index in [4.69, 9.17) is 5.73 Å². The van der Waals surface area contributed by atoms with Crippen LogP contribution in [0.5, 0.6) is 0 Å². The molecular formula is C12H22IN3O2S. The van der Waals surface area contributed by atoms with Gasteiger partial charge in [0.2, 0.25) is 0 Å². The van der Waals surface area contributed by atoms with Gasteiger partial charge in [-0.05, 0) is 34.4 Å². The molecule has 7 heteroatoms. The second-order valence-corrected chi connectivity index (χ2v) is 9.39. The van der Waals surface area contributed by atoms with Gasteiger partial charge < -0.3 is 5.73 Å². The van der Waals surface area contributed by atoms with Crippen molar-refractivity contribution in [3.63, 3.8) is 0 Å². The average molecular weight is 399 g/mol. The van der Waals surface area contributed by atoms with Crippen LogP contribution >= 0.6 is 22.6 Å². The van der Waals surface area contributed by atoms with Crippen molar-refractivity contribution in [3.8, 4) is 0 Å². The van der Waals surface area contributed by atoms with E-state index in [-0.39, 0.29) is 16.9 Å². The summed E-state index contributed by atoms with van der Waals surface area (Å²) in [6.45, 7) is 8.39. The number of hydrogen-bond acceptors (Lipinski definition) is 4. The average Bonchev–Trinajstić information content (AvgIpc) is 2.53. The van der Waals surface area contributed by atoms with Crippen molar-refractivity contribution in [3.05, 3.63) is 9.26 Å². The van der Waals surface area contributed by atoms with Crippen molar-refractivity contribution >= 4 is 38.2 Å². The Bertz CT molecular complexity index is 544. The van der Waals surface area contributed by atoms with Crippen LogP contribution in [-0.4, -0.2) is 29.7 Å². The Morgan fingerprint density at radius 3 is 2.42 bits per heavy atom. The molecule has 0 radical (unpaired) electrons. The molecule has 0 spiro atoms. The summed E-state index contributed by atoms with van der Waals surface area (Å²) in [4.78, 5) is 0. The molecule has 0 bridgehead atoms. The lowest BCUT2D eigenvalue weighted by Gasteiger charge is -2.16. The number of nitrogens with two attached hydrogens (primary N) is 1. The quantitative estimate of drug-likeness (QED) is 0.770. The van der Waals surface area contributed by atoms with Crippen molar-refractivity contribution in [1.29, 1.82) is 0 Å². The van der Waals surface area contributed by atoms with E-state index in [9.17, 15) is 8.42 Å². The third kappa shape index (κ3) is 4.94. The van der Waals surface area contributed by atoms with Gasteiger partial charge in [-0.3, -0.25) is 0 Å². The van der Waals surface area contributed by atoms with Crippen molar-refractivity contribution in [2.45, 2.75) is 40.7 Å². The number of rotatable bonds is 5. The minimum Gasteiger partial charge on any atom is -0.383 e.